The first kappa shape index (κ1) is 17.1. The van der Waals surface area contributed by atoms with E-state index < -0.39 is 5.97 Å². The summed E-state index contributed by atoms with van der Waals surface area (Å²) in [7, 11) is 0. The van der Waals surface area contributed by atoms with Gasteiger partial charge in [-0.1, -0.05) is 6.07 Å². The fraction of sp³-hybridized carbons (Fsp3) is 0.100. The number of carbonyl (C=O) groups excluding carboxylic acids is 1. The quantitative estimate of drug-likeness (QED) is 0.545. The molecule has 0 amide bonds. The first-order chi connectivity index (χ1) is 13.2. The summed E-state index contributed by atoms with van der Waals surface area (Å²) in [6.07, 6.45) is 4.87. The number of esters is 1. The molecule has 27 heavy (non-hydrogen) atoms. The van der Waals surface area contributed by atoms with Crippen LogP contribution in [0.5, 0.6) is 0 Å². The summed E-state index contributed by atoms with van der Waals surface area (Å²) >= 11 is 1.55. The molecule has 0 aliphatic carbocycles. The van der Waals surface area contributed by atoms with Gasteiger partial charge in [0.1, 0.15) is 10.6 Å². The minimum Gasteiger partial charge on any atom is -0.462 e. The van der Waals surface area contributed by atoms with Gasteiger partial charge in [0.25, 0.3) is 0 Å². The maximum absolute atomic E-state index is 12.5. The molecule has 6 nitrogen and oxygen atoms in total. The smallest absolute Gasteiger partial charge is 0.343 e. The molecule has 0 aliphatic rings. The maximum Gasteiger partial charge on any atom is 0.343 e. The van der Waals surface area contributed by atoms with Gasteiger partial charge in [-0.3, -0.25) is 9.78 Å². The van der Waals surface area contributed by atoms with Crippen molar-refractivity contribution in [1.82, 2.24) is 15.0 Å². The van der Waals surface area contributed by atoms with Gasteiger partial charge >= 0.3 is 5.97 Å². The number of nitrogens with zero attached hydrogens (tertiary/aromatic N) is 2. The van der Waals surface area contributed by atoms with Crippen molar-refractivity contribution in [3.8, 4) is 21.8 Å². The second-order valence-corrected chi connectivity index (χ2v) is 6.64. The van der Waals surface area contributed by atoms with E-state index in [1.807, 2.05) is 29.6 Å². The summed E-state index contributed by atoms with van der Waals surface area (Å²) in [6.45, 7) is 1.92. The zero-order chi connectivity index (χ0) is 18.8. The van der Waals surface area contributed by atoms with Gasteiger partial charge in [0, 0.05) is 46.0 Å². The van der Waals surface area contributed by atoms with E-state index in [0.29, 0.717) is 10.9 Å². The molecule has 0 radical (unpaired) electrons. The lowest BCUT2D eigenvalue weighted by Crippen LogP contribution is -2.18. The zero-order valence-corrected chi connectivity index (χ0v) is 15.2. The highest BCUT2D eigenvalue weighted by molar-refractivity contribution is 7.13. The van der Waals surface area contributed by atoms with Gasteiger partial charge in [0.05, 0.1) is 12.3 Å². The molecule has 0 aliphatic heterocycles. The molecule has 0 unspecified atom stereocenters. The van der Waals surface area contributed by atoms with Crippen LogP contribution in [0.25, 0.3) is 32.7 Å². The Morgan fingerprint density at radius 3 is 2.78 bits per heavy atom. The lowest BCUT2D eigenvalue weighted by atomic mass is 10.1. The maximum atomic E-state index is 12.5. The molecule has 3 aromatic heterocycles. The van der Waals surface area contributed by atoms with Crippen molar-refractivity contribution in [1.29, 1.82) is 0 Å². The molecule has 0 bridgehead atoms. The van der Waals surface area contributed by atoms with E-state index in [1.54, 1.807) is 36.7 Å². The Labute approximate surface area is 158 Å². The molecule has 1 N–H and O–H groups in total. The highest BCUT2D eigenvalue weighted by Gasteiger charge is 2.15. The Morgan fingerprint density at radius 1 is 1.19 bits per heavy atom. The zero-order valence-electron chi connectivity index (χ0n) is 14.4. The van der Waals surface area contributed by atoms with Crippen molar-refractivity contribution in [3.63, 3.8) is 0 Å². The first-order valence-corrected chi connectivity index (χ1v) is 9.24. The number of pyridine rings is 2. The normalized spacial score (nSPS) is 10.9. The van der Waals surface area contributed by atoms with Crippen molar-refractivity contribution in [2.24, 2.45) is 0 Å². The van der Waals surface area contributed by atoms with Crippen LogP contribution in [-0.2, 0) is 4.74 Å². The topological polar surface area (TPSA) is 84.9 Å². The SMILES string of the molecule is CCOC(=O)c1c[nH]c2cc(-c3csc(-c4ccncc4)n3)ccc2c1=O. The average Bonchev–Trinajstić information content (AvgIpc) is 3.19. The molecule has 0 saturated heterocycles. The van der Waals surface area contributed by atoms with Gasteiger partial charge in [0.2, 0.25) is 5.43 Å². The van der Waals surface area contributed by atoms with Crippen LogP contribution >= 0.6 is 11.3 Å². The third kappa shape index (κ3) is 3.24. The van der Waals surface area contributed by atoms with E-state index in [-0.39, 0.29) is 17.6 Å². The number of thiazole rings is 1. The molecule has 1 aromatic carbocycles. The van der Waals surface area contributed by atoms with Crippen LogP contribution in [0.15, 0.2) is 59.1 Å². The van der Waals surface area contributed by atoms with E-state index in [1.165, 1.54) is 6.20 Å². The van der Waals surface area contributed by atoms with Crippen molar-refractivity contribution < 1.29 is 9.53 Å². The predicted molar refractivity (Wildman–Crippen MR) is 105 cm³/mol. The minimum atomic E-state index is -0.619. The highest BCUT2D eigenvalue weighted by Crippen LogP contribution is 2.29. The van der Waals surface area contributed by atoms with Gasteiger partial charge in [-0.15, -0.1) is 11.3 Å². The van der Waals surface area contributed by atoms with Gasteiger partial charge in [-0.25, -0.2) is 9.78 Å². The average molecular weight is 377 g/mol. The number of rotatable bonds is 4. The van der Waals surface area contributed by atoms with Crippen LogP contribution < -0.4 is 5.43 Å². The van der Waals surface area contributed by atoms with E-state index in [4.69, 9.17) is 4.74 Å². The number of hydrogen-bond acceptors (Lipinski definition) is 6. The van der Waals surface area contributed by atoms with Crippen molar-refractivity contribution in [2.45, 2.75) is 6.92 Å². The van der Waals surface area contributed by atoms with Gasteiger partial charge in [0.15, 0.2) is 0 Å². The number of aromatic amines is 1. The minimum absolute atomic E-state index is 0.00531. The Bertz CT molecular complexity index is 1180. The summed E-state index contributed by atoms with van der Waals surface area (Å²) in [6, 6.07) is 9.22. The second-order valence-electron chi connectivity index (χ2n) is 5.79. The molecule has 0 saturated carbocycles. The second kappa shape index (κ2) is 7.13. The summed E-state index contributed by atoms with van der Waals surface area (Å²) in [5, 5.41) is 3.31. The molecule has 0 atom stereocenters. The summed E-state index contributed by atoms with van der Waals surface area (Å²) < 4.78 is 4.92. The standard InChI is InChI=1S/C20H15N3O3S/c1-2-26-20(25)15-10-22-16-9-13(3-4-14(16)18(15)24)17-11-27-19(23-17)12-5-7-21-8-6-12/h3-11H,2H2,1H3,(H,22,24). The monoisotopic (exact) mass is 377 g/mol. The summed E-state index contributed by atoms with van der Waals surface area (Å²) in [5.74, 6) is -0.619. The highest BCUT2D eigenvalue weighted by atomic mass is 32.1. The number of fused-ring (bicyclic) bond motifs is 1. The van der Waals surface area contributed by atoms with Gasteiger partial charge < -0.3 is 9.72 Å². The lowest BCUT2D eigenvalue weighted by Gasteiger charge is -2.05. The fourth-order valence-corrected chi connectivity index (χ4v) is 3.61. The molecule has 7 heteroatoms. The molecule has 134 valence electrons. The van der Waals surface area contributed by atoms with Crippen LogP contribution in [-0.4, -0.2) is 27.5 Å². The number of nitrogens with one attached hydrogen (secondary N) is 1. The van der Waals surface area contributed by atoms with Gasteiger partial charge in [-0.05, 0) is 31.2 Å². The van der Waals surface area contributed by atoms with Crippen molar-refractivity contribution in [3.05, 3.63) is 70.1 Å². The number of aromatic nitrogens is 3. The number of hydrogen-bond donors (Lipinski definition) is 1. The van der Waals surface area contributed by atoms with E-state index in [0.717, 1.165) is 21.8 Å². The molecule has 4 rings (SSSR count). The van der Waals surface area contributed by atoms with Crippen LogP contribution in [0.2, 0.25) is 0 Å². The summed E-state index contributed by atoms with van der Waals surface area (Å²) in [4.78, 5) is 36.1. The largest absolute Gasteiger partial charge is 0.462 e. The van der Waals surface area contributed by atoms with Crippen LogP contribution in [0, 0.1) is 0 Å². The van der Waals surface area contributed by atoms with Crippen LogP contribution in [0.3, 0.4) is 0 Å². The van der Waals surface area contributed by atoms with Crippen molar-refractivity contribution >= 4 is 28.2 Å². The fourth-order valence-electron chi connectivity index (χ4n) is 2.78. The molecule has 4 aromatic rings. The molecule has 0 spiro atoms. The predicted octanol–water partition coefficient (Wildman–Crippen LogP) is 3.89. The van der Waals surface area contributed by atoms with Crippen LogP contribution in [0.1, 0.15) is 17.3 Å². The number of H-pyrrole nitrogens is 1. The molecule has 0 fully saturated rings. The van der Waals surface area contributed by atoms with E-state index >= 15 is 0 Å². The first-order valence-electron chi connectivity index (χ1n) is 8.36. The third-order valence-electron chi connectivity index (χ3n) is 4.10. The Balaban J connectivity index is 1.72. The number of carbonyl (C=O) groups is 1. The van der Waals surface area contributed by atoms with Crippen molar-refractivity contribution in [2.75, 3.05) is 6.61 Å². The molecule has 3 heterocycles. The Morgan fingerprint density at radius 2 is 2.00 bits per heavy atom. The Hall–Kier alpha value is -3.32. The lowest BCUT2D eigenvalue weighted by molar-refractivity contribution is 0.0524. The summed E-state index contributed by atoms with van der Waals surface area (Å²) in [5.41, 5.74) is 3.02. The molecular formula is C20H15N3O3S. The van der Waals surface area contributed by atoms with Crippen LogP contribution in [0.4, 0.5) is 0 Å². The van der Waals surface area contributed by atoms with E-state index in [9.17, 15) is 9.59 Å². The molecular weight excluding hydrogens is 362 g/mol. The van der Waals surface area contributed by atoms with E-state index in [2.05, 4.69) is 15.0 Å². The number of benzene rings is 1. The third-order valence-corrected chi connectivity index (χ3v) is 4.99. The Kier molecular flexibility index (Phi) is 4.52. The van der Waals surface area contributed by atoms with Gasteiger partial charge in [-0.2, -0.15) is 0 Å². The number of ether oxygens (including phenoxy) is 1.